The van der Waals surface area contributed by atoms with E-state index in [-0.39, 0.29) is 13.0 Å². The van der Waals surface area contributed by atoms with Crippen LogP contribution in [0.1, 0.15) is 49.8 Å². The van der Waals surface area contributed by atoms with E-state index in [1.807, 2.05) is 6.92 Å². The smallest absolute Gasteiger partial charge is 0.303 e. The first-order valence-electron chi connectivity index (χ1n) is 12.2. The minimum Gasteiger partial charge on any atom is -0.481 e. The van der Waals surface area contributed by atoms with Crippen LogP contribution in [0.2, 0.25) is 0 Å². The van der Waals surface area contributed by atoms with Crippen molar-refractivity contribution < 1.29 is 18.7 Å². The number of rotatable bonds is 9. The zero-order valence-corrected chi connectivity index (χ0v) is 20.3. The van der Waals surface area contributed by atoms with Gasteiger partial charge in [0.15, 0.2) is 5.82 Å². The van der Waals surface area contributed by atoms with Crippen molar-refractivity contribution in [3.8, 4) is 11.4 Å². The molecule has 4 heterocycles. The van der Waals surface area contributed by atoms with Gasteiger partial charge in [-0.25, -0.2) is 23.1 Å². The van der Waals surface area contributed by atoms with Crippen molar-refractivity contribution in [1.29, 1.82) is 0 Å². The molecule has 36 heavy (non-hydrogen) atoms. The molecule has 0 radical (unpaired) electrons. The molecule has 13 heteroatoms. The summed E-state index contributed by atoms with van der Waals surface area (Å²) in [4.78, 5) is 17.5. The molecule has 1 N–H and O–H groups in total. The van der Waals surface area contributed by atoms with Gasteiger partial charge >= 0.3 is 5.97 Å². The van der Waals surface area contributed by atoms with Crippen molar-refractivity contribution in [3.63, 3.8) is 0 Å². The van der Waals surface area contributed by atoms with Crippen molar-refractivity contribution in [1.82, 2.24) is 40.2 Å². The van der Waals surface area contributed by atoms with Gasteiger partial charge in [0.05, 0.1) is 42.3 Å². The Morgan fingerprint density at radius 1 is 1.19 bits per heavy atom. The summed E-state index contributed by atoms with van der Waals surface area (Å²) in [7, 11) is 1.80. The third-order valence-electron chi connectivity index (χ3n) is 6.84. The number of hydrogen-bond acceptors (Lipinski definition) is 8. The fourth-order valence-corrected chi connectivity index (χ4v) is 4.92. The molecule has 2 aliphatic rings. The van der Waals surface area contributed by atoms with Gasteiger partial charge in [-0.1, -0.05) is 12.1 Å². The molecule has 1 saturated heterocycles. The molecule has 3 aromatic heterocycles. The molecule has 0 bridgehead atoms. The van der Waals surface area contributed by atoms with E-state index in [9.17, 15) is 13.6 Å². The third-order valence-corrected chi connectivity index (χ3v) is 6.84. The Bertz CT molecular complexity index is 1250. The molecule has 0 amide bonds. The number of nitrogens with zero attached hydrogens (tertiary/aromatic N) is 9. The van der Waals surface area contributed by atoms with Crippen LogP contribution in [0.15, 0.2) is 12.1 Å². The highest BCUT2D eigenvalue weighted by atomic mass is 19.3. The fourth-order valence-electron chi connectivity index (χ4n) is 4.92. The number of anilines is 1. The first-order valence-corrected chi connectivity index (χ1v) is 12.2. The Labute approximate surface area is 206 Å². The number of carboxylic acids is 1. The number of aryl methyl sites for hydroxylation is 2. The van der Waals surface area contributed by atoms with Crippen LogP contribution in [0.3, 0.4) is 0 Å². The molecule has 192 valence electrons. The summed E-state index contributed by atoms with van der Waals surface area (Å²) in [6, 6.07) is 3.53. The molecule has 1 unspecified atom stereocenters. The van der Waals surface area contributed by atoms with Gasteiger partial charge in [0, 0.05) is 26.4 Å². The number of aromatic nitrogens is 8. The van der Waals surface area contributed by atoms with Crippen LogP contribution < -0.4 is 4.90 Å². The van der Waals surface area contributed by atoms with E-state index in [0.717, 1.165) is 17.9 Å². The Balaban J connectivity index is 1.42. The van der Waals surface area contributed by atoms with Crippen LogP contribution in [0, 0.1) is 11.8 Å². The summed E-state index contributed by atoms with van der Waals surface area (Å²) in [5, 5.41) is 29.8. The maximum atomic E-state index is 14.5. The lowest BCUT2D eigenvalue weighted by Gasteiger charge is -2.39. The topological polar surface area (TPSA) is 128 Å². The number of carboxylic acid groups (broad SMARTS) is 1. The lowest BCUT2D eigenvalue weighted by atomic mass is 9.91. The Hall–Kier alpha value is -3.51. The van der Waals surface area contributed by atoms with Gasteiger partial charge in [-0.15, -0.1) is 10.2 Å². The van der Waals surface area contributed by atoms with Gasteiger partial charge in [0.25, 0.3) is 5.92 Å². The number of hydrogen-bond donors (Lipinski definition) is 1. The number of tetrazole rings is 1. The van der Waals surface area contributed by atoms with Crippen LogP contribution in [-0.2, 0) is 31.2 Å². The second-order valence-corrected chi connectivity index (χ2v) is 9.83. The summed E-state index contributed by atoms with van der Waals surface area (Å²) in [5.74, 6) is -3.21. The third kappa shape index (κ3) is 5.19. The minimum atomic E-state index is -2.97. The number of halogens is 2. The highest BCUT2D eigenvalue weighted by molar-refractivity contribution is 5.67. The molecular weight excluding hydrogens is 472 g/mol. The number of aliphatic carboxylic acids is 1. The molecule has 1 saturated carbocycles. The average molecular weight is 502 g/mol. The molecule has 1 aliphatic carbocycles. The van der Waals surface area contributed by atoms with Crippen molar-refractivity contribution in [2.45, 2.75) is 57.9 Å². The van der Waals surface area contributed by atoms with Crippen LogP contribution in [-0.4, -0.2) is 70.3 Å². The minimum absolute atomic E-state index is 0.245. The average Bonchev–Trinajstić information content (AvgIpc) is 3.41. The lowest BCUT2D eigenvalue weighted by molar-refractivity contribution is -0.139. The Kier molecular flexibility index (Phi) is 6.39. The van der Waals surface area contributed by atoms with Crippen molar-refractivity contribution in [3.05, 3.63) is 29.3 Å². The summed E-state index contributed by atoms with van der Waals surface area (Å²) >= 11 is 0. The molecule has 1 aliphatic heterocycles. The van der Waals surface area contributed by atoms with Crippen LogP contribution in [0.4, 0.5) is 14.5 Å². The van der Waals surface area contributed by atoms with Crippen molar-refractivity contribution in [2.75, 3.05) is 18.0 Å². The van der Waals surface area contributed by atoms with Crippen LogP contribution >= 0.6 is 0 Å². The maximum absolute atomic E-state index is 14.5. The van der Waals surface area contributed by atoms with Gasteiger partial charge in [0.2, 0.25) is 0 Å². The van der Waals surface area contributed by atoms with Crippen molar-refractivity contribution >= 4 is 11.7 Å². The van der Waals surface area contributed by atoms with Crippen LogP contribution in [0.5, 0.6) is 0 Å². The molecule has 2 fully saturated rings. The lowest BCUT2D eigenvalue weighted by Crippen LogP contribution is -2.48. The van der Waals surface area contributed by atoms with Gasteiger partial charge < -0.3 is 10.0 Å². The van der Waals surface area contributed by atoms with E-state index in [1.165, 1.54) is 12.8 Å². The van der Waals surface area contributed by atoms with Gasteiger partial charge in [0.1, 0.15) is 5.69 Å². The van der Waals surface area contributed by atoms with Crippen molar-refractivity contribution in [2.24, 2.45) is 18.9 Å². The predicted octanol–water partition coefficient (Wildman–Crippen LogP) is 2.36. The summed E-state index contributed by atoms with van der Waals surface area (Å²) in [6.45, 7) is 2.08. The normalized spacial score (nSPS) is 19.6. The zero-order chi connectivity index (χ0) is 25.4. The number of alkyl halides is 2. The van der Waals surface area contributed by atoms with E-state index >= 15 is 0 Å². The monoisotopic (exact) mass is 501 g/mol. The number of pyridine rings is 1. The predicted molar refractivity (Wildman–Crippen MR) is 124 cm³/mol. The number of piperidine rings is 1. The molecule has 11 nitrogen and oxygen atoms in total. The van der Waals surface area contributed by atoms with E-state index in [2.05, 4.69) is 25.8 Å². The quantitative estimate of drug-likeness (QED) is 0.470. The first kappa shape index (κ1) is 24.2. The molecular formula is C23H29F2N9O2. The highest BCUT2D eigenvalue weighted by Crippen LogP contribution is 2.36. The zero-order valence-electron chi connectivity index (χ0n) is 20.3. The second-order valence-electron chi connectivity index (χ2n) is 9.83. The number of carbonyl (C=O) groups is 1. The van der Waals surface area contributed by atoms with E-state index in [0.29, 0.717) is 41.7 Å². The fraction of sp³-hybridized carbons (Fsp3) is 0.609. The maximum Gasteiger partial charge on any atom is 0.303 e. The molecule has 0 aromatic carbocycles. The van der Waals surface area contributed by atoms with E-state index < -0.39 is 30.8 Å². The molecule has 0 spiro atoms. The first-order chi connectivity index (χ1) is 17.2. The second kappa shape index (κ2) is 9.51. The van der Waals surface area contributed by atoms with Gasteiger partial charge in [-0.05, 0) is 53.7 Å². The Morgan fingerprint density at radius 3 is 2.72 bits per heavy atom. The standard InChI is InChI=1S/C23H29F2N9O2/c1-3-16-18(33-11-15(9-21(35)36)10-23(24,25)13-33)7-6-17(26-16)22-19(32(2)30-28-22)12-34-20(27-29-31-34)8-14-4-5-14/h6-7,14-15H,3-5,8-13H2,1-2H3,(H,35,36). The highest BCUT2D eigenvalue weighted by Gasteiger charge is 2.41. The largest absolute Gasteiger partial charge is 0.481 e. The van der Waals surface area contributed by atoms with Crippen LogP contribution in [0.25, 0.3) is 11.4 Å². The molecule has 5 rings (SSSR count). The van der Waals surface area contributed by atoms with E-state index in [1.54, 1.807) is 33.4 Å². The van der Waals surface area contributed by atoms with Gasteiger partial charge in [-0.2, -0.15) is 0 Å². The molecule has 3 aromatic rings. The SMILES string of the molecule is CCc1nc(-c2nnn(C)c2Cn2nnnc2CC2CC2)ccc1N1CC(CC(=O)O)CC(F)(F)C1. The summed E-state index contributed by atoms with van der Waals surface area (Å²) < 4.78 is 32.4. The van der Waals surface area contributed by atoms with Gasteiger partial charge in [-0.3, -0.25) is 4.79 Å². The summed E-state index contributed by atoms with van der Waals surface area (Å²) in [6.07, 6.45) is 3.03. The summed E-state index contributed by atoms with van der Waals surface area (Å²) in [5.41, 5.74) is 3.19. The Morgan fingerprint density at radius 2 is 2.00 bits per heavy atom. The molecule has 1 atom stereocenters. The van der Waals surface area contributed by atoms with E-state index in [4.69, 9.17) is 10.1 Å².